The van der Waals surface area contributed by atoms with Crippen molar-refractivity contribution in [3.05, 3.63) is 12.7 Å². The normalized spacial score (nSPS) is 23.9. The minimum absolute atomic E-state index is 0.187. The van der Waals surface area contributed by atoms with Crippen LogP contribution in [0.2, 0.25) is 0 Å². The highest BCUT2D eigenvalue weighted by atomic mass is 31.2. The molecule has 1 fully saturated rings. The Balaban J connectivity index is 1.53. The lowest BCUT2D eigenvalue weighted by Gasteiger charge is -2.17. The van der Waals surface area contributed by atoms with Crippen LogP contribution in [-0.2, 0) is 32.7 Å². The molecule has 2 aromatic rings. The largest absolute Gasteiger partial charge is 0.463 e. The maximum atomic E-state index is 12.0. The van der Waals surface area contributed by atoms with Gasteiger partial charge in [-0.2, -0.15) is 0 Å². The summed E-state index contributed by atoms with van der Waals surface area (Å²) in [5.41, 5.74) is 17.2. The Morgan fingerprint density at radius 2 is 2.16 bits per heavy atom. The number of nitrogens with two attached hydrogens (primary N) is 3. The van der Waals surface area contributed by atoms with E-state index in [1.807, 2.05) is 0 Å². The van der Waals surface area contributed by atoms with Gasteiger partial charge in [0.2, 0.25) is 0 Å². The predicted octanol–water partition coefficient (Wildman–Crippen LogP) is -1.43. The number of esters is 1. The Labute approximate surface area is 175 Å². The molecule has 0 aliphatic carbocycles. The van der Waals surface area contributed by atoms with E-state index in [9.17, 15) is 19.3 Å². The lowest BCUT2D eigenvalue weighted by atomic mass is 10.2. The van der Waals surface area contributed by atoms with E-state index in [4.69, 9.17) is 26.4 Å². The van der Waals surface area contributed by atoms with E-state index in [-0.39, 0.29) is 18.8 Å². The lowest BCUT2D eigenvalue weighted by Crippen LogP contribution is -2.36. The number of rotatable bonds is 8. The molecule has 7 N–H and O–H groups in total. The highest BCUT2D eigenvalue weighted by Gasteiger charge is 2.37. The molecule has 0 saturated carbocycles. The van der Waals surface area contributed by atoms with Crippen molar-refractivity contribution in [2.45, 2.75) is 37.3 Å². The first-order chi connectivity index (χ1) is 14.6. The van der Waals surface area contributed by atoms with Crippen molar-refractivity contribution in [3.8, 4) is 0 Å². The number of hydrogen-bond acceptors (Lipinski definition) is 13. The van der Waals surface area contributed by atoms with Gasteiger partial charge >= 0.3 is 19.7 Å². The van der Waals surface area contributed by atoms with Gasteiger partial charge < -0.3 is 30.6 Å². The van der Waals surface area contributed by atoms with Gasteiger partial charge in [0.1, 0.15) is 36.8 Å². The molecule has 15 nitrogen and oxygen atoms in total. The molecule has 1 aliphatic rings. The van der Waals surface area contributed by atoms with Crippen LogP contribution in [0, 0.1) is 0 Å². The van der Waals surface area contributed by atoms with Crippen LogP contribution in [0.1, 0.15) is 19.1 Å². The number of fused-ring (bicyclic) bond motifs is 1. The molecule has 0 radical (unpaired) electrons. The third-order valence-corrected chi connectivity index (χ3v) is 5.41. The second-order valence-electron chi connectivity index (χ2n) is 6.64. The third kappa shape index (κ3) is 5.33. The van der Waals surface area contributed by atoms with Gasteiger partial charge in [-0.1, -0.05) is 0 Å². The van der Waals surface area contributed by atoms with E-state index < -0.39 is 50.6 Å². The first-order valence-corrected chi connectivity index (χ1v) is 10.6. The number of carbonyl (C=O) groups excluding carboxylic acids is 2. The number of anilines is 1. The van der Waals surface area contributed by atoms with Crippen LogP contribution in [0.3, 0.4) is 0 Å². The average molecular weight is 459 g/mol. The lowest BCUT2D eigenvalue weighted by molar-refractivity contribution is -0.153. The number of nitrogen functional groups attached to an aromatic ring is 1. The first kappa shape index (κ1) is 23.0. The molecule has 1 saturated heterocycles. The summed E-state index contributed by atoms with van der Waals surface area (Å²) in [4.78, 5) is 35.8. The molecule has 3 rings (SSSR count). The van der Waals surface area contributed by atoms with Crippen molar-refractivity contribution in [1.82, 2.24) is 19.5 Å². The van der Waals surface area contributed by atoms with Crippen LogP contribution >= 0.6 is 7.75 Å². The van der Waals surface area contributed by atoms with E-state index in [0.29, 0.717) is 11.2 Å². The minimum atomic E-state index is -4.08. The van der Waals surface area contributed by atoms with Crippen LogP contribution in [0.5, 0.6) is 0 Å². The zero-order chi connectivity index (χ0) is 22.8. The van der Waals surface area contributed by atoms with Crippen molar-refractivity contribution < 1.29 is 37.8 Å². The fourth-order valence-corrected chi connectivity index (χ4v) is 3.30. The van der Waals surface area contributed by atoms with Gasteiger partial charge in [0.05, 0.1) is 18.9 Å². The number of ether oxygens (including phenoxy) is 2. The number of aliphatic hydroxyl groups is 1. The number of aromatic nitrogens is 4. The van der Waals surface area contributed by atoms with Crippen molar-refractivity contribution in [1.29, 1.82) is 0 Å². The third-order valence-electron chi connectivity index (χ3n) is 4.47. The van der Waals surface area contributed by atoms with Crippen LogP contribution in [0.4, 0.5) is 5.82 Å². The first-order valence-electron chi connectivity index (χ1n) is 8.96. The Bertz CT molecular complexity index is 1020. The standard InChI is InChI=1S/C15H22N7O8P/c1-27-31(18,26)30-15(25)7(16)2-11(24)28-4-9-8(23)3-10(29-9)22-6-21-12-13(17)19-5-20-14(12)22/h5-10,23H,2-4,16H2,1H3,(H2,18,26)(H2,17,19,20)/t7-,8-,9+,10+,31?/m0/s1. The van der Waals surface area contributed by atoms with Gasteiger partial charge in [0.15, 0.2) is 11.5 Å². The van der Waals surface area contributed by atoms with Crippen molar-refractivity contribution >= 4 is 36.7 Å². The van der Waals surface area contributed by atoms with Gasteiger partial charge in [0.25, 0.3) is 0 Å². The summed E-state index contributed by atoms with van der Waals surface area (Å²) in [6.07, 6.45) is -0.0521. The molecule has 170 valence electrons. The van der Waals surface area contributed by atoms with Crippen molar-refractivity contribution in [2.24, 2.45) is 11.2 Å². The Morgan fingerprint density at radius 1 is 1.42 bits per heavy atom. The second kappa shape index (κ2) is 9.21. The minimum Gasteiger partial charge on any atom is -0.463 e. The zero-order valence-electron chi connectivity index (χ0n) is 16.4. The topological polar surface area (TPSA) is 230 Å². The average Bonchev–Trinajstić information content (AvgIpc) is 3.30. The molecule has 1 unspecified atom stereocenters. The van der Waals surface area contributed by atoms with E-state index in [2.05, 4.69) is 24.0 Å². The molecule has 2 aromatic heterocycles. The molecule has 0 bridgehead atoms. The molecule has 5 atom stereocenters. The van der Waals surface area contributed by atoms with Crippen molar-refractivity contribution in [3.63, 3.8) is 0 Å². The summed E-state index contributed by atoms with van der Waals surface area (Å²) < 4.78 is 32.5. The molecule has 1 aliphatic heterocycles. The van der Waals surface area contributed by atoms with Crippen LogP contribution in [0.25, 0.3) is 11.2 Å². The number of aliphatic hydroxyl groups excluding tert-OH is 1. The van der Waals surface area contributed by atoms with Gasteiger partial charge in [-0.3, -0.25) is 13.9 Å². The van der Waals surface area contributed by atoms with E-state index in [0.717, 1.165) is 7.11 Å². The highest BCUT2D eigenvalue weighted by molar-refractivity contribution is 7.51. The van der Waals surface area contributed by atoms with E-state index in [1.165, 1.54) is 12.7 Å². The number of hydrogen-bond donors (Lipinski definition) is 4. The van der Waals surface area contributed by atoms with Crippen LogP contribution in [0.15, 0.2) is 12.7 Å². The SMILES string of the molecule is COP(N)(=O)OC(=O)[C@@H](N)CC(=O)OC[C@H]1O[C@@H](n2cnc3c(N)ncnc32)C[C@@H]1O. The van der Waals surface area contributed by atoms with Crippen LogP contribution in [-0.4, -0.2) is 68.5 Å². The monoisotopic (exact) mass is 459 g/mol. The molecule has 31 heavy (non-hydrogen) atoms. The fraction of sp³-hybridized carbons (Fsp3) is 0.533. The Hall–Kier alpha value is -2.68. The number of nitrogens with zero attached hydrogens (tertiary/aromatic N) is 4. The van der Waals surface area contributed by atoms with Gasteiger partial charge in [0, 0.05) is 13.5 Å². The molecule has 16 heteroatoms. The maximum absolute atomic E-state index is 12.0. The summed E-state index contributed by atoms with van der Waals surface area (Å²) in [7, 11) is -3.09. The van der Waals surface area contributed by atoms with Crippen molar-refractivity contribution in [2.75, 3.05) is 19.5 Å². The summed E-state index contributed by atoms with van der Waals surface area (Å²) in [5, 5.41) is 10.3. The summed E-state index contributed by atoms with van der Waals surface area (Å²) in [6, 6.07) is -1.47. The summed E-state index contributed by atoms with van der Waals surface area (Å²) in [5.74, 6) is -1.84. The van der Waals surface area contributed by atoms with Gasteiger partial charge in [-0.15, -0.1) is 0 Å². The summed E-state index contributed by atoms with van der Waals surface area (Å²) in [6.45, 7) is -0.296. The molecule has 0 spiro atoms. The summed E-state index contributed by atoms with van der Waals surface area (Å²) >= 11 is 0. The van der Waals surface area contributed by atoms with Crippen LogP contribution < -0.4 is 17.0 Å². The second-order valence-corrected chi connectivity index (χ2v) is 8.27. The van der Waals surface area contributed by atoms with Gasteiger partial charge in [-0.25, -0.2) is 29.8 Å². The number of imidazole rings is 1. The zero-order valence-corrected chi connectivity index (χ0v) is 17.3. The quantitative estimate of drug-likeness (QED) is 0.262. The molecule has 0 aromatic carbocycles. The molecule has 3 heterocycles. The number of carbonyl (C=O) groups is 2. The smallest absolute Gasteiger partial charge is 0.457 e. The Morgan fingerprint density at radius 3 is 2.87 bits per heavy atom. The molecular formula is C15H22N7O8P. The van der Waals surface area contributed by atoms with E-state index >= 15 is 0 Å². The van der Waals surface area contributed by atoms with E-state index in [1.54, 1.807) is 4.57 Å². The van der Waals surface area contributed by atoms with Gasteiger partial charge in [-0.05, 0) is 0 Å². The Kier molecular flexibility index (Phi) is 6.83. The highest BCUT2D eigenvalue weighted by Crippen LogP contribution is 2.38. The predicted molar refractivity (Wildman–Crippen MR) is 103 cm³/mol. The molecule has 0 amide bonds. The maximum Gasteiger partial charge on any atom is 0.457 e. The fourth-order valence-electron chi connectivity index (χ4n) is 2.84. The molecular weight excluding hydrogens is 437 g/mol.